The maximum atomic E-state index is 12.8. The van der Waals surface area contributed by atoms with Crippen molar-refractivity contribution in [3.8, 4) is 11.4 Å². The highest BCUT2D eigenvalue weighted by Gasteiger charge is 2.16. The van der Waals surface area contributed by atoms with Gasteiger partial charge >= 0.3 is 0 Å². The van der Waals surface area contributed by atoms with Crippen molar-refractivity contribution in [3.63, 3.8) is 0 Å². The van der Waals surface area contributed by atoms with Crippen LogP contribution in [0, 0.1) is 13.8 Å². The number of benzene rings is 2. The molecule has 0 saturated carbocycles. The number of H-pyrrole nitrogens is 2. The third-order valence-electron chi connectivity index (χ3n) is 4.74. The number of rotatable bonds is 5. The minimum absolute atomic E-state index is 0.00452. The lowest BCUT2D eigenvalue weighted by atomic mass is 10.3. The van der Waals surface area contributed by atoms with Crippen molar-refractivity contribution < 1.29 is 13.0 Å². The first-order chi connectivity index (χ1) is 15.2. The number of para-hydroxylation sites is 1. The molecule has 3 N–H and O–H groups in total. The fourth-order valence-corrected chi connectivity index (χ4v) is 3.60. The van der Waals surface area contributed by atoms with Crippen molar-refractivity contribution in [1.82, 2.24) is 19.6 Å². The van der Waals surface area contributed by atoms with Gasteiger partial charge in [0.05, 0.1) is 27.7 Å². The molecule has 2 aromatic carbocycles. The first-order valence-electron chi connectivity index (χ1n) is 9.35. The molecule has 4 aromatic rings. The van der Waals surface area contributed by atoms with Gasteiger partial charge in [-0.3, -0.25) is 24.3 Å². The van der Waals surface area contributed by atoms with E-state index >= 15 is 0 Å². The molecule has 0 atom stereocenters. The molecule has 12 heteroatoms. The maximum Gasteiger partial charge on any atom is 0.299 e. The van der Waals surface area contributed by atoms with Gasteiger partial charge in [-0.15, -0.1) is 10.2 Å². The van der Waals surface area contributed by atoms with E-state index in [1.807, 2.05) is 6.07 Å². The maximum absolute atomic E-state index is 12.8. The zero-order valence-corrected chi connectivity index (χ0v) is 17.8. The molecule has 0 aliphatic heterocycles. The third-order valence-corrected chi connectivity index (χ3v) is 5.61. The van der Waals surface area contributed by atoms with Crippen molar-refractivity contribution in [2.75, 3.05) is 0 Å². The van der Waals surface area contributed by atoms with Crippen LogP contribution in [-0.4, -0.2) is 32.5 Å². The van der Waals surface area contributed by atoms with E-state index in [0.717, 1.165) is 4.68 Å². The number of aryl methyl sites for hydroxylation is 2. The van der Waals surface area contributed by atoms with Crippen LogP contribution in [0.3, 0.4) is 0 Å². The molecule has 0 unspecified atom stereocenters. The summed E-state index contributed by atoms with van der Waals surface area (Å²) in [6.07, 6.45) is 0. The molecule has 11 nitrogen and oxygen atoms in total. The number of hydrogen-bond acceptors (Lipinski definition) is 6. The normalized spacial score (nSPS) is 12.0. The molecule has 0 fully saturated rings. The van der Waals surface area contributed by atoms with Gasteiger partial charge in [-0.25, -0.2) is 9.36 Å². The van der Waals surface area contributed by atoms with E-state index in [1.165, 1.54) is 28.9 Å². The summed E-state index contributed by atoms with van der Waals surface area (Å²) in [6.45, 7) is 3.29. The summed E-state index contributed by atoms with van der Waals surface area (Å²) in [6, 6.07) is 14.0. The van der Waals surface area contributed by atoms with E-state index in [2.05, 4.69) is 20.4 Å². The van der Waals surface area contributed by atoms with Gasteiger partial charge in [0.2, 0.25) is 0 Å². The zero-order chi connectivity index (χ0) is 23.0. The number of hydrogen-bond donors (Lipinski definition) is 3. The van der Waals surface area contributed by atoms with Gasteiger partial charge in [0.25, 0.3) is 21.2 Å². The summed E-state index contributed by atoms with van der Waals surface area (Å²) in [4.78, 5) is 25.3. The average molecular weight is 454 g/mol. The molecular formula is C20H18N6O5S. The van der Waals surface area contributed by atoms with E-state index in [9.17, 15) is 18.0 Å². The summed E-state index contributed by atoms with van der Waals surface area (Å²) in [5, 5.41) is 13.8. The fourth-order valence-electron chi connectivity index (χ4n) is 3.12. The molecule has 0 bridgehead atoms. The van der Waals surface area contributed by atoms with E-state index in [4.69, 9.17) is 4.55 Å². The Labute approximate surface area is 181 Å². The van der Waals surface area contributed by atoms with Gasteiger partial charge < -0.3 is 0 Å². The molecule has 164 valence electrons. The standard InChI is InChI=1S/C20H18N6O5S/c1-12-17(19(27)25(23-12)14-6-4-3-5-7-14)21-22-18-13(2)24-26(20(18)28)15-8-10-16(11-9-15)32(29,30)31/h3-11,23-24H,1-2H3,(H,29,30,31). The molecule has 32 heavy (non-hydrogen) atoms. The number of aromatic nitrogens is 4. The summed E-state index contributed by atoms with van der Waals surface area (Å²) < 4.78 is 34.0. The lowest BCUT2D eigenvalue weighted by Gasteiger charge is -2.02. The second kappa shape index (κ2) is 7.90. The van der Waals surface area contributed by atoms with Crippen molar-refractivity contribution in [1.29, 1.82) is 0 Å². The molecule has 0 saturated heterocycles. The van der Waals surface area contributed by atoms with Crippen LogP contribution in [0.15, 0.2) is 79.3 Å². The minimum atomic E-state index is -4.35. The number of nitrogens with zero attached hydrogens (tertiary/aromatic N) is 4. The summed E-state index contributed by atoms with van der Waals surface area (Å²) in [7, 11) is -4.35. The Morgan fingerprint density at radius 3 is 1.62 bits per heavy atom. The van der Waals surface area contributed by atoms with Gasteiger partial charge in [0.1, 0.15) is 0 Å². The van der Waals surface area contributed by atoms with E-state index in [1.54, 1.807) is 38.1 Å². The Hall–Kier alpha value is -4.03. The van der Waals surface area contributed by atoms with Crippen LogP contribution in [0.1, 0.15) is 11.4 Å². The Morgan fingerprint density at radius 2 is 1.19 bits per heavy atom. The smallest absolute Gasteiger partial charge is 0.293 e. The van der Waals surface area contributed by atoms with Gasteiger partial charge in [-0.2, -0.15) is 8.42 Å². The molecule has 4 rings (SSSR count). The lowest BCUT2D eigenvalue weighted by Crippen LogP contribution is -2.14. The Morgan fingerprint density at radius 1 is 0.750 bits per heavy atom. The van der Waals surface area contributed by atoms with Gasteiger partial charge in [0.15, 0.2) is 11.4 Å². The predicted molar refractivity (Wildman–Crippen MR) is 116 cm³/mol. The number of aromatic amines is 2. The molecule has 0 aliphatic carbocycles. The fraction of sp³-hybridized carbons (Fsp3) is 0.100. The van der Waals surface area contributed by atoms with E-state index in [-0.39, 0.29) is 16.3 Å². The highest BCUT2D eigenvalue weighted by Crippen LogP contribution is 2.20. The highest BCUT2D eigenvalue weighted by atomic mass is 32.2. The molecule has 0 amide bonds. The summed E-state index contributed by atoms with van der Waals surface area (Å²) in [5.41, 5.74) is 0.958. The molecule has 0 radical (unpaired) electrons. The van der Waals surface area contributed by atoms with Gasteiger partial charge in [-0.1, -0.05) is 18.2 Å². The second-order valence-electron chi connectivity index (χ2n) is 6.96. The SMILES string of the molecule is Cc1[nH]n(-c2ccccc2)c(=O)c1N=Nc1c(C)[nH]n(-c2ccc(S(=O)(=O)O)cc2)c1=O. The highest BCUT2D eigenvalue weighted by molar-refractivity contribution is 7.85. The third kappa shape index (κ3) is 3.84. The molecule has 2 aromatic heterocycles. The van der Waals surface area contributed by atoms with Crippen LogP contribution in [-0.2, 0) is 10.1 Å². The molecule has 2 heterocycles. The second-order valence-corrected chi connectivity index (χ2v) is 8.38. The van der Waals surface area contributed by atoms with Crippen LogP contribution in [0.5, 0.6) is 0 Å². The first kappa shape index (κ1) is 21.2. The average Bonchev–Trinajstić information content (AvgIpc) is 3.21. The van der Waals surface area contributed by atoms with Crippen LogP contribution in [0.25, 0.3) is 11.4 Å². The van der Waals surface area contributed by atoms with E-state index < -0.39 is 21.2 Å². The van der Waals surface area contributed by atoms with Gasteiger partial charge in [-0.05, 0) is 50.2 Å². The van der Waals surface area contributed by atoms with Gasteiger partial charge in [0, 0.05) is 0 Å². The summed E-state index contributed by atoms with van der Waals surface area (Å²) >= 11 is 0. The topological polar surface area (TPSA) is 155 Å². The quantitative estimate of drug-likeness (QED) is 0.312. The Balaban J connectivity index is 1.70. The lowest BCUT2D eigenvalue weighted by molar-refractivity contribution is 0.483. The molecule has 0 aliphatic rings. The van der Waals surface area contributed by atoms with Crippen molar-refractivity contribution in [3.05, 3.63) is 86.7 Å². The van der Waals surface area contributed by atoms with Crippen LogP contribution in [0.2, 0.25) is 0 Å². The van der Waals surface area contributed by atoms with Crippen LogP contribution < -0.4 is 11.1 Å². The summed E-state index contributed by atoms with van der Waals surface area (Å²) in [5.74, 6) is 0. The van der Waals surface area contributed by atoms with Crippen molar-refractivity contribution in [2.24, 2.45) is 10.2 Å². The first-order valence-corrected chi connectivity index (χ1v) is 10.8. The van der Waals surface area contributed by atoms with Crippen LogP contribution >= 0.6 is 0 Å². The largest absolute Gasteiger partial charge is 0.299 e. The van der Waals surface area contributed by atoms with Crippen LogP contribution in [0.4, 0.5) is 11.4 Å². The molecule has 0 spiro atoms. The Kier molecular flexibility index (Phi) is 5.24. The molecular weight excluding hydrogens is 436 g/mol. The Bertz CT molecular complexity index is 1540. The predicted octanol–water partition coefficient (Wildman–Crippen LogP) is 2.92. The van der Waals surface area contributed by atoms with Crippen molar-refractivity contribution in [2.45, 2.75) is 18.7 Å². The number of nitrogens with one attached hydrogen (secondary N) is 2. The zero-order valence-electron chi connectivity index (χ0n) is 17.0. The van der Waals surface area contributed by atoms with E-state index in [0.29, 0.717) is 22.8 Å². The monoisotopic (exact) mass is 454 g/mol. The number of azo groups is 1. The minimum Gasteiger partial charge on any atom is -0.293 e. The van der Waals surface area contributed by atoms with Crippen molar-refractivity contribution >= 4 is 21.5 Å².